The van der Waals surface area contributed by atoms with Gasteiger partial charge in [-0.3, -0.25) is 9.52 Å². The molecule has 1 aliphatic carbocycles. The molecule has 0 fully saturated rings. The lowest BCUT2D eigenvalue weighted by atomic mass is 9.81. The van der Waals surface area contributed by atoms with Crippen LogP contribution in [0.15, 0.2) is 68.7 Å². The first-order valence-electron chi connectivity index (χ1n) is 11.8. The van der Waals surface area contributed by atoms with E-state index in [4.69, 9.17) is 4.42 Å². The van der Waals surface area contributed by atoms with Crippen LogP contribution in [-0.2, 0) is 16.4 Å². The molecule has 2 N–H and O–H groups in total. The Kier molecular flexibility index (Phi) is 7.12. The first-order valence-corrected chi connectivity index (χ1v) is 13.3. The topological polar surface area (TPSA) is 114 Å². The molecule has 7 nitrogen and oxygen atoms in total. The molecule has 35 heavy (non-hydrogen) atoms. The molecule has 184 valence electrons. The van der Waals surface area contributed by atoms with Crippen molar-refractivity contribution in [2.24, 2.45) is 5.92 Å². The zero-order valence-electron chi connectivity index (χ0n) is 19.8. The predicted octanol–water partition coefficient (Wildman–Crippen LogP) is 5.23. The number of hydrogen-bond acceptors (Lipinski definition) is 6. The summed E-state index contributed by atoms with van der Waals surface area (Å²) < 4.78 is 33.8. The molecule has 3 aromatic rings. The van der Waals surface area contributed by atoms with Gasteiger partial charge in [-0.05, 0) is 48.6 Å². The van der Waals surface area contributed by atoms with E-state index in [1.807, 2.05) is 13.8 Å². The summed E-state index contributed by atoms with van der Waals surface area (Å²) in [6, 6.07) is 14.7. The number of anilines is 1. The van der Waals surface area contributed by atoms with E-state index in [2.05, 4.69) is 4.72 Å². The van der Waals surface area contributed by atoms with Gasteiger partial charge in [0.1, 0.15) is 11.5 Å². The highest BCUT2D eigenvalue weighted by atomic mass is 32.2. The molecule has 4 rings (SSSR count). The van der Waals surface area contributed by atoms with Crippen LogP contribution in [0, 0.1) is 5.92 Å². The minimum Gasteiger partial charge on any atom is -0.506 e. The maximum atomic E-state index is 13.1. The summed E-state index contributed by atoms with van der Waals surface area (Å²) >= 11 is 0. The summed E-state index contributed by atoms with van der Waals surface area (Å²) in [5, 5.41) is 11.2. The fraction of sp³-hybridized carbons (Fsp3) is 0.333. The van der Waals surface area contributed by atoms with Gasteiger partial charge in [-0.25, -0.2) is 13.2 Å². The lowest BCUT2D eigenvalue weighted by Crippen LogP contribution is -2.22. The molecule has 0 aliphatic heterocycles. The molecule has 0 radical (unpaired) electrons. The Morgan fingerprint density at radius 3 is 2.37 bits per heavy atom. The largest absolute Gasteiger partial charge is 0.506 e. The molecule has 1 aromatic heterocycles. The number of aromatic hydroxyl groups is 1. The Labute approximate surface area is 204 Å². The summed E-state index contributed by atoms with van der Waals surface area (Å²) in [6.07, 6.45) is 3.07. The zero-order valence-corrected chi connectivity index (χ0v) is 20.6. The van der Waals surface area contributed by atoms with E-state index >= 15 is 0 Å². The standard InChI is InChI=1S/C27H29NO6S/c1-17(2)23(25-26(30)24-21(29)14-7-4-8-15-22(24)34-27(25)31)18-10-9-11-19(16-18)28-35(32,33)20-12-5-3-6-13-20/h3,5-6,9-13,16-17,23,28,30H,4,7-8,14-15H2,1-2H3. The minimum absolute atomic E-state index is 0.0238. The molecule has 8 heteroatoms. The van der Waals surface area contributed by atoms with Crippen molar-refractivity contribution in [3.05, 3.63) is 87.5 Å². The van der Waals surface area contributed by atoms with Crippen molar-refractivity contribution in [1.82, 2.24) is 0 Å². The average molecular weight is 496 g/mol. The molecule has 0 saturated heterocycles. The Balaban J connectivity index is 1.78. The lowest BCUT2D eigenvalue weighted by molar-refractivity contribution is 0.0968. The molecular formula is C27H29NO6S. The summed E-state index contributed by atoms with van der Waals surface area (Å²) in [7, 11) is -3.81. The van der Waals surface area contributed by atoms with Crippen molar-refractivity contribution >= 4 is 21.5 Å². The number of rotatable bonds is 6. The van der Waals surface area contributed by atoms with Crippen molar-refractivity contribution in [3.63, 3.8) is 0 Å². The maximum Gasteiger partial charge on any atom is 0.343 e. The molecule has 0 spiro atoms. The quantitative estimate of drug-likeness (QED) is 0.484. The van der Waals surface area contributed by atoms with E-state index < -0.39 is 21.6 Å². The lowest BCUT2D eigenvalue weighted by Gasteiger charge is -2.24. The van der Waals surface area contributed by atoms with Crippen LogP contribution in [0.4, 0.5) is 5.69 Å². The summed E-state index contributed by atoms with van der Waals surface area (Å²) in [5.41, 5.74) is 0.391. The van der Waals surface area contributed by atoms with Gasteiger partial charge in [-0.15, -0.1) is 0 Å². The van der Waals surface area contributed by atoms with Crippen molar-refractivity contribution < 1.29 is 22.7 Å². The zero-order chi connectivity index (χ0) is 25.2. The van der Waals surface area contributed by atoms with E-state index in [1.165, 1.54) is 12.1 Å². The molecule has 0 saturated carbocycles. The second-order valence-corrected chi connectivity index (χ2v) is 10.9. The van der Waals surface area contributed by atoms with Crippen molar-refractivity contribution in [1.29, 1.82) is 0 Å². The molecule has 2 aromatic carbocycles. The number of fused-ring (bicyclic) bond motifs is 1. The Morgan fingerprint density at radius 1 is 0.943 bits per heavy atom. The van der Waals surface area contributed by atoms with Crippen LogP contribution in [-0.4, -0.2) is 19.3 Å². The number of nitrogens with one attached hydrogen (secondary N) is 1. The normalized spacial score (nSPS) is 15.2. The van der Waals surface area contributed by atoms with Crippen molar-refractivity contribution in [2.45, 2.75) is 56.8 Å². The monoisotopic (exact) mass is 495 g/mol. The molecule has 0 amide bonds. The highest BCUT2D eigenvalue weighted by Crippen LogP contribution is 2.39. The fourth-order valence-electron chi connectivity index (χ4n) is 4.69. The minimum atomic E-state index is -3.81. The summed E-state index contributed by atoms with van der Waals surface area (Å²) in [5.74, 6) is -1.08. The fourth-order valence-corrected chi connectivity index (χ4v) is 5.76. The first kappa shape index (κ1) is 24.7. The summed E-state index contributed by atoms with van der Waals surface area (Å²) in [6.45, 7) is 3.78. The van der Waals surface area contributed by atoms with Crippen molar-refractivity contribution in [2.75, 3.05) is 4.72 Å². The van der Waals surface area contributed by atoms with E-state index in [-0.39, 0.29) is 45.7 Å². The average Bonchev–Trinajstić information content (AvgIpc) is 2.80. The second kappa shape index (κ2) is 10.1. The molecular weight excluding hydrogens is 466 g/mol. The number of hydrogen-bond donors (Lipinski definition) is 2. The number of benzene rings is 2. The van der Waals surface area contributed by atoms with E-state index in [0.29, 0.717) is 17.7 Å². The van der Waals surface area contributed by atoms with E-state index in [1.54, 1.807) is 42.5 Å². The van der Waals surface area contributed by atoms with E-state index in [0.717, 1.165) is 19.3 Å². The third-order valence-electron chi connectivity index (χ3n) is 6.32. The summed E-state index contributed by atoms with van der Waals surface area (Å²) in [4.78, 5) is 26.0. The molecule has 1 atom stereocenters. The van der Waals surface area contributed by atoms with E-state index in [9.17, 15) is 23.1 Å². The van der Waals surface area contributed by atoms with Gasteiger partial charge in [-0.2, -0.15) is 0 Å². The highest BCUT2D eigenvalue weighted by molar-refractivity contribution is 7.92. The van der Waals surface area contributed by atoms with Crippen LogP contribution < -0.4 is 10.3 Å². The predicted molar refractivity (Wildman–Crippen MR) is 134 cm³/mol. The number of aryl methyl sites for hydroxylation is 1. The second-order valence-electron chi connectivity index (χ2n) is 9.20. The highest BCUT2D eigenvalue weighted by Gasteiger charge is 2.32. The van der Waals surface area contributed by atoms with Gasteiger partial charge >= 0.3 is 5.63 Å². The van der Waals surface area contributed by atoms with Gasteiger partial charge in [-0.1, -0.05) is 50.6 Å². The van der Waals surface area contributed by atoms with Crippen LogP contribution in [0.2, 0.25) is 0 Å². The Morgan fingerprint density at radius 2 is 1.66 bits per heavy atom. The number of carbonyl (C=O) groups is 1. The molecule has 1 unspecified atom stereocenters. The molecule has 1 aliphatic rings. The third kappa shape index (κ3) is 5.17. The van der Waals surface area contributed by atoms with Gasteiger partial charge in [0.2, 0.25) is 0 Å². The van der Waals surface area contributed by atoms with Crippen LogP contribution in [0.1, 0.15) is 72.7 Å². The van der Waals surface area contributed by atoms with Crippen LogP contribution in [0.3, 0.4) is 0 Å². The van der Waals surface area contributed by atoms with Gasteiger partial charge in [0, 0.05) is 24.4 Å². The Hall–Kier alpha value is -3.39. The number of carbonyl (C=O) groups excluding carboxylic acids is 1. The Bertz CT molecular complexity index is 1390. The van der Waals surface area contributed by atoms with Crippen LogP contribution in [0.25, 0.3) is 0 Å². The van der Waals surface area contributed by atoms with Gasteiger partial charge in [0.05, 0.1) is 16.0 Å². The number of sulfonamides is 1. The van der Waals surface area contributed by atoms with Crippen molar-refractivity contribution in [3.8, 4) is 5.75 Å². The van der Waals surface area contributed by atoms with Gasteiger partial charge in [0.15, 0.2) is 5.78 Å². The van der Waals surface area contributed by atoms with Crippen LogP contribution >= 0.6 is 0 Å². The molecule has 1 heterocycles. The van der Waals surface area contributed by atoms with Gasteiger partial charge in [0.25, 0.3) is 10.0 Å². The maximum absolute atomic E-state index is 13.1. The molecule has 0 bridgehead atoms. The van der Waals surface area contributed by atoms with Crippen LogP contribution in [0.5, 0.6) is 5.75 Å². The number of ketones is 1. The number of Topliss-reactive ketones (excluding diaryl/α,β-unsaturated/α-hetero) is 1. The first-order chi connectivity index (χ1) is 16.7. The smallest absolute Gasteiger partial charge is 0.343 e. The SMILES string of the molecule is CC(C)C(c1cccc(NS(=O)(=O)c2ccccc2)c1)c1c(O)c2c(oc1=O)CCCCCC2=O. The van der Waals surface area contributed by atoms with Gasteiger partial charge < -0.3 is 9.52 Å². The third-order valence-corrected chi connectivity index (χ3v) is 7.72.